The fourth-order valence-electron chi connectivity index (χ4n) is 3.48. The Hall–Kier alpha value is -1.04. The number of fused-ring (bicyclic) bond motifs is 2. The normalized spacial score (nSPS) is 40.1. The highest BCUT2D eigenvalue weighted by molar-refractivity contribution is 6.23. The van der Waals surface area contributed by atoms with Crippen molar-refractivity contribution in [3.63, 3.8) is 0 Å². The molecule has 0 radical (unpaired) electrons. The number of Topliss-reactive ketones (excluding diaryl/α,β-unsaturated/α-hetero) is 2. The Labute approximate surface area is 110 Å². The molecule has 5 heteroatoms. The first kappa shape index (κ1) is 11.8. The first-order valence-electron chi connectivity index (χ1n) is 6.70. The highest BCUT2D eigenvalue weighted by Gasteiger charge is 2.80. The van der Waals surface area contributed by atoms with E-state index in [-0.39, 0.29) is 17.1 Å². The van der Waals surface area contributed by atoms with E-state index in [0.717, 1.165) is 0 Å². The number of carbonyl (C=O) groups excluding carboxylic acids is 2. The van der Waals surface area contributed by atoms with Crippen LogP contribution in [0.1, 0.15) is 39.5 Å². The van der Waals surface area contributed by atoms with E-state index < -0.39 is 22.2 Å². The first-order chi connectivity index (χ1) is 8.78. The zero-order valence-corrected chi connectivity index (χ0v) is 11.0. The van der Waals surface area contributed by atoms with Crippen LogP contribution < -0.4 is 0 Å². The topological polar surface area (TPSA) is 72.8 Å². The van der Waals surface area contributed by atoms with Crippen LogP contribution in [0, 0.1) is 10.8 Å². The Balaban J connectivity index is 1.93. The summed E-state index contributed by atoms with van der Waals surface area (Å²) in [5.74, 6) is -2.30. The Morgan fingerprint density at radius 2 is 1.74 bits per heavy atom. The van der Waals surface area contributed by atoms with Crippen molar-refractivity contribution in [1.82, 2.24) is 0 Å². The molecule has 1 atom stereocenters. The third kappa shape index (κ3) is 1.13. The molecule has 0 aromatic carbocycles. The standard InChI is InChI=1S/C14H16O5/c1-11(2)7-8-9(15)12(3-4-12)10(16)13(5-6-13)14(8,17)19-18-11/h7,17H,3-6H2,1-2H3. The molecular formula is C14H16O5. The largest absolute Gasteiger partial charge is 0.359 e. The van der Waals surface area contributed by atoms with Crippen LogP contribution in [-0.2, 0) is 19.4 Å². The molecule has 0 amide bonds. The van der Waals surface area contributed by atoms with E-state index in [1.54, 1.807) is 19.9 Å². The molecule has 3 aliphatic carbocycles. The van der Waals surface area contributed by atoms with Crippen molar-refractivity contribution in [2.24, 2.45) is 10.8 Å². The molecule has 2 spiro atoms. The van der Waals surface area contributed by atoms with Gasteiger partial charge in [-0.25, -0.2) is 4.89 Å². The highest BCUT2D eigenvalue weighted by atomic mass is 17.2. The minimum atomic E-state index is -1.88. The molecule has 1 heterocycles. The molecule has 0 aromatic rings. The molecule has 3 saturated carbocycles. The maximum absolute atomic E-state index is 12.6. The number of ketones is 2. The average Bonchev–Trinajstić information content (AvgIpc) is 3.23. The molecule has 4 rings (SSSR count). The maximum atomic E-state index is 12.6. The smallest absolute Gasteiger partial charge is 0.241 e. The molecule has 1 N–H and O–H groups in total. The Morgan fingerprint density at radius 3 is 2.26 bits per heavy atom. The summed E-state index contributed by atoms with van der Waals surface area (Å²) in [7, 11) is 0. The summed E-state index contributed by atoms with van der Waals surface area (Å²) in [5, 5.41) is 10.8. The lowest BCUT2D eigenvalue weighted by molar-refractivity contribution is -0.456. The van der Waals surface area contributed by atoms with Crippen LogP contribution in [0.15, 0.2) is 11.6 Å². The van der Waals surface area contributed by atoms with Gasteiger partial charge in [0.2, 0.25) is 5.79 Å². The maximum Gasteiger partial charge on any atom is 0.241 e. The molecule has 19 heavy (non-hydrogen) atoms. The lowest BCUT2D eigenvalue weighted by Gasteiger charge is -2.46. The molecule has 5 nitrogen and oxygen atoms in total. The molecule has 4 aliphatic rings. The van der Waals surface area contributed by atoms with E-state index in [2.05, 4.69) is 0 Å². The van der Waals surface area contributed by atoms with Gasteiger partial charge in [-0.3, -0.25) is 9.59 Å². The lowest BCUT2D eigenvalue weighted by atomic mass is 9.66. The second-order valence-electron chi connectivity index (χ2n) is 6.79. The second-order valence-corrected chi connectivity index (χ2v) is 6.79. The van der Waals surface area contributed by atoms with Crippen LogP contribution in [0.2, 0.25) is 0 Å². The first-order valence-corrected chi connectivity index (χ1v) is 6.70. The molecule has 1 unspecified atom stereocenters. The summed E-state index contributed by atoms with van der Waals surface area (Å²) in [4.78, 5) is 35.5. The monoisotopic (exact) mass is 264 g/mol. The van der Waals surface area contributed by atoms with Crippen LogP contribution >= 0.6 is 0 Å². The number of hydrogen-bond acceptors (Lipinski definition) is 5. The van der Waals surface area contributed by atoms with Crippen LogP contribution in [0.5, 0.6) is 0 Å². The lowest BCUT2D eigenvalue weighted by Crippen LogP contribution is -2.61. The molecule has 102 valence electrons. The van der Waals surface area contributed by atoms with Crippen molar-refractivity contribution in [1.29, 1.82) is 0 Å². The van der Waals surface area contributed by atoms with Crippen molar-refractivity contribution in [3.8, 4) is 0 Å². The quantitative estimate of drug-likeness (QED) is 0.523. The van der Waals surface area contributed by atoms with Crippen molar-refractivity contribution >= 4 is 11.6 Å². The Kier molecular flexibility index (Phi) is 1.76. The molecule has 1 aliphatic heterocycles. The van der Waals surface area contributed by atoms with Gasteiger partial charge in [0.15, 0.2) is 11.6 Å². The van der Waals surface area contributed by atoms with Gasteiger partial charge >= 0.3 is 0 Å². The minimum Gasteiger partial charge on any atom is -0.359 e. The Bertz CT molecular complexity index is 550. The van der Waals surface area contributed by atoms with Gasteiger partial charge < -0.3 is 5.11 Å². The van der Waals surface area contributed by atoms with Gasteiger partial charge in [-0.15, -0.1) is 0 Å². The molecule has 0 bridgehead atoms. The van der Waals surface area contributed by atoms with Gasteiger partial charge in [0, 0.05) is 0 Å². The SMILES string of the molecule is CC1(C)C=C2C(=O)C3(CC3)C(=O)C3(CC3)C2(O)OO1. The van der Waals surface area contributed by atoms with E-state index in [9.17, 15) is 14.7 Å². The fraction of sp³-hybridized carbons (Fsp3) is 0.714. The van der Waals surface area contributed by atoms with E-state index in [1.807, 2.05) is 0 Å². The summed E-state index contributed by atoms with van der Waals surface area (Å²) >= 11 is 0. The Morgan fingerprint density at radius 1 is 1.11 bits per heavy atom. The van der Waals surface area contributed by atoms with E-state index in [1.165, 1.54) is 0 Å². The second kappa shape index (κ2) is 2.85. The average molecular weight is 264 g/mol. The fourth-order valence-corrected chi connectivity index (χ4v) is 3.48. The van der Waals surface area contributed by atoms with Crippen molar-refractivity contribution in [3.05, 3.63) is 11.6 Å². The van der Waals surface area contributed by atoms with Crippen LogP contribution in [-0.4, -0.2) is 28.1 Å². The minimum absolute atomic E-state index is 0.145. The molecule has 0 saturated heterocycles. The third-order valence-corrected chi connectivity index (χ3v) is 4.93. The van der Waals surface area contributed by atoms with E-state index in [4.69, 9.17) is 9.78 Å². The highest BCUT2D eigenvalue weighted by Crippen LogP contribution is 2.70. The van der Waals surface area contributed by atoms with Crippen LogP contribution in [0.4, 0.5) is 0 Å². The molecule has 3 fully saturated rings. The van der Waals surface area contributed by atoms with Crippen molar-refractivity contribution in [2.75, 3.05) is 0 Å². The van der Waals surface area contributed by atoms with Gasteiger partial charge in [-0.2, -0.15) is 4.89 Å². The van der Waals surface area contributed by atoms with Gasteiger partial charge in [0.05, 0.1) is 16.4 Å². The van der Waals surface area contributed by atoms with Gasteiger partial charge in [-0.05, 0) is 45.6 Å². The number of carbonyl (C=O) groups is 2. The van der Waals surface area contributed by atoms with Gasteiger partial charge in [0.1, 0.15) is 5.60 Å². The van der Waals surface area contributed by atoms with E-state index >= 15 is 0 Å². The number of rotatable bonds is 0. The van der Waals surface area contributed by atoms with E-state index in [0.29, 0.717) is 25.7 Å². The zero-order chi connectivity index (χ0) is 13.7. The summed E-state index contributed by atoms with van der Waals surface area (Å²) in [6.07, 6.45) is 3.92. The van der Waals surface area contributed by atoms with Gasteiger partial charge in [0.25, 0.3) is 0 Å². The van der Waals surface area contributed by atoms with Crippen molar-refractivity contribution in [2.45, 2.75) is 50.9 Å². The van der Waals surface area contributed by atoms with Crippen LogP contribution in [0.3, 0.4) is 0 Å². The van der Waals surface area contributed by atoms with Gasteiger partial charge in [-0.1, -0.05) is 0 Å². The predicted octanol–water partition coefficient (Wildman–Crippen LogP) is 1.05. The van der Waals surface area contributed by atoms with Crippen molar-refractivity contribution < 1.29 is 24.5 Å². The summed E-state index contributed by atoms with van der Waals surface area (Å²) in [5.41, 5.74) is -2.38. The zero-order valence-electron chi connectivity index (χ0n) is 11.0. The van der Waals surface area contributed by atoms with Crippen LogP contribution in [0.25, 0.3) is 0 Å². The summed E-state index contributed by atoms with van der Waals surface area (Å²) in [6, 6.07) is 0. The summed E-state index contributed by atoms with van der Waals surface area (Å²) in [6.45, 7) is 3.50. The third-order valence-electron chi connectivity index (χ3n) is 4.93. The molecular weight excluding hydrogens is 248 g/mol. The number of hydrogen-bond donors (Lipinski definition) is 1. The molecule has 0 aromatic heterocycles. The summed E-state index contributed by atoms with van der Waals surface area (Å²) < 4.78 is 0. The number of aliphatic hydroxyl groups is 1. The predicted molar refractivity (Wildman–Crippen MR) is 62.6 cm³/mol.